The van der Waals surface area contributed by atoms with Gasteiger partial charge in [0.05, 0.1) is 4.90 Å². The molecule has 0 spiro atoms. The predicted octanol–water partition coefficient (Wildman–Crippen LogP) is 1.66. The maximum atomic E-state index is 13.0. The summed E-state index contributed by atoms with van der Waals surface area (Å²) >= 11 is 0. The molecule has 1 aromatic rings. The molecule has 1 aromatic carbocycles. The molecule has 0 amide bonds. The Morgan fingerprint density at radius 2 is 2.05 bits per heavy atom. The van der Waals surface area contributed by atoms with Crippen molar-refractivity contribution in [1.82, 2.24) is 10.0 Å². The van der Waals surface area contributed by atoms with Crippen molar-refractivity contribution in [3.05, 3.63) is 29.8 Å². The Kier molecular flexibility index (Phi) is 6.32. The molecule has 8 heteroatoms. The summed E-state index contributed by atoms with van der Waals surface area (Å²) in [4.78, 5) is -0.254. The lowest BCUT2D eigenvalue weighted by molar-refractivity contribution is 0.376. The Morgan fingerprint density at radius 1 is 1.30 bits per heavy atom. The summed E-state index contributed by atoms with van der Waals surface area (Å²) in [5.74, 6) is -1.99. The van der Waals surface area contributed by atoms with Crippen molar-refractivity contribution in [3.8, 4) is 0 Å². The third kappa shape index (κ3) is 4.37. The topological polar surface area (TPSA) is 58.2 Å². The lowest BCUT2D eigenvalue weighted by Crippen LogP contribution is -2.38. The van der Waals surface area contributed by atoms with Crippen LogP contribution in [0, 0.1) is 17.6 Å². The van der Waals surface area contributed by atoms with Gasteiger partial charge in [0.25, 0.3) is 0 Å². The third-order valence-corrected chi connectivity index (χ3v) is 4.58. The van der Waals surface area contributed by atoms with Gasteiger partial charge in [-0.15, -0.1) is 12.4 Å². The summed E-state index contributed by atoms with van der Waals surface area (Å²) in [5.41, 5.74) is 0. The summed E-state index contributed by atoms with van der Waals surface area (Å²) in [7, 11) is -3.78. The fourth-order valence-electron chi connectivity index (χ4n) is 2.05. The van der Waals surface area contributed by atoms with E-state index in [0.717, 1.165) is 38.1 Å². The zero-order chi connectivity index (χ0) is 13.9. The molecule has 0 radical (unpaired) electrons. The number of piperidine rings is 1. The lowest BCUT2D eigenvalue weighted by atomic mass is 10.0. The molecule has 1 heterocycles. The molecule has 1 atom stereocenters. The maximum absolute atomic E-state index is 13.0. The molecule has 1 saturated heterocycles. The minimum absolute atomic E-state index is 0. The van der Waals surface area contributed by atoms with Gasteiger partial charge in [0, 0.05) is 6.54 Å². The van der Waals surface area contributed by atoms with E-state index in [-0.39, 0.29) is 23.2 Å². The molecule has 0 aliphatic carbocycles. The van der Waals surface area contributed by atoms with Gasteiger partial charge < -0.3 is 5.32 Å². The molecular weight excluding hydrogens is 310 g/mol. The molecule has 1 fully saturated rings. The largest absolute Gasteiger partial charge is 0.316 e. The van der Waals surface area contributed by atoms with Crippen LogP contribution in [-0.4, -0.2) is 28.1 Å². The zero-order valence-corrected chi connectivity index (χ0v) is 12.4. The number of benzene rings is 1. The maximum Gasteiger partial charge on any atom is 0.240 e. The molecular formula is C12H17ClF2N2O2S. The number of nitrogens with one attached hydrogen (secondary N) is 2. The molecule has 0 saturated carbocycles. The van der Waals surface area contributed by atoms with Gasteiger partial charge in [0.1, 0.15) is 0 Å². The molecule has 1 unspecified atom stereocenters. The second-order valence-corrected chi connectivity index (χ2v) is 6.41. The van der Waals surface area contributed by atoms with E-state index in [9.17, 15) is 17.2 Å². The number of halogens is 3. The van der Waals surface area contributed by atoms with Crippen molar-refractivity contribution >= 4 is 22.4 Å². The van der Waals surface area contributed by atoms with Crippen molar-refractivity contribution in [2.75, 3.05) is 19.6 Å². The second kappa shape index (κ2) is 7.31. The van der Waals surface area contributed by atoms with Crippen LogP contribution in [0.25, 0.3) is 0 Å². The van der Waals surface area contributed by atoms with E-state index >= 15 is 0 Å². The van der Waals surface area contributed by atoms with Gasteiger partial charge >= 0.3 is 0 Å². The molecule has 0 bridgehead atoms. The zero-order valence-electron chi connectivity index (χ0n) is 10.7. The van der Waals surface area contributed by atoms with Crippen LogP contribution in [0.5, 0.6) is 0 Å². The second-order valence-electron chi connectivity index (χ2n) is 4.64. The SMILES string of the molecule is Cl.O=S(=O)(NCC1CCCNC1)c1ccc(F)c(F)c1. The summed E-state index contributed by atoms with van der Waals surface area (Å²) in [6, 6.07) is 2.56. The Hall–Kier alpha value is -0.760. The molecule has 20 heavy (non-hydrogen) atoms. The third-order valence-electron chi connectivity index (χ3n) is 3.16. The quantitative estimate of drug-likeness (QED) is 0.885. The summed E-state index contributed by atoms with van der Waals surface area (Å²) in [6.07, 6.45) is 1.96. The number of hydrogen-bond acceptors (Lipinski definition) is 3. The molecule has 2 rings (SSSR count). The van der Waals surface area contributed by atoms with Gasteiger partial charge in [-0.1, -0.05) is 0 Å². The minimum atomic E-state index is -3.78. The minimum Gasteiger partial charge on any atom is -0.316 e. The average Bonchev–Trinajstić information content (AvgIpc) is 2.41. The normalized spacial score (nSPS) is 19.4. The first-order valence-electron chi connectivity index (χ1n) is 6.14. The first kappa shape index (κ1) is 17.3. The lowest BCUT2D eigenvalue weighted by Gasteiger charge is -2.22. The van der Waals surface area contributed by atoms with Crippen LogP contribution < -0.4 is 10.0 Å². The molecule has 0 aromatic heterocycles. The van der Waals surface area contributed by atoms with E-state index in [1.165, 1.54) is 0 Å². The van der Waals surface area contributed by atoms with Crippen molar-refractivity contribution < 1.29 is 17.2 Å². The van der Waals surface area contributed by atoms with E-state index in [1.54, 1.807) is 0 Å². The standard InChI is InChI=1S/C12H16F2N2O2S.ClH/c13-11-4-3-10(6-12(11)14)19(17,18)16-8-9-2-1-5-15-7-9;/h3-4,6,9,15-16H,1-2,5,7-8H2;1H. The average molecular weight is 327 g/mol. The van der Waals surface area contributed by atoms with Crippen molar-refractivity contribution in [2.45, 2.75) is 17.7 Å². The van der Waals surface area contributed by atoms with Crippen molar-refractivity contribution in [3.63, 3.8) is 0 Å². The van der Waals surface area contributed by atoms with Gasteiger partial charge in [-0.2, -0.15) is 0 Å². The number of sulfonamides is 1. The van der Waals surface area contributed by atoms with Crippen LogP contribution in [0.1, 0.15) is 12.8 Å². The Morgan fingerprint density at radius 3 is 2.65 bits per heavy atom. The van der Waals surface area contributed by atoms with Gasteiger partial charge in [0.15, 0.2) is 11.6 Å². The highest BCUT2D eigenvalue weighted by Gasteiger charge is 2.19. The predicted molar refractivity (Wildman–Crippen MR) is 74.4 cm³/mol. The molecule has 114 valence electrons. The first-order chi connectivity index (χ1) is 8.99. The number of hydrogen-bond donors (Lipinski definition) is 2. The van der Waals surface area contributed by atoms with Gasteiger partial charge in [-0.3, -0.25) is 0 Å². The first-order valence-corrected chi connectivity index (χ1v) is 7.63. The smallest absolute Gasteiger partial charge is 0.240 e. The van der Waals surface area contributed by atoms with Gasteiger partial charge in [-0.25, -0.2) is 21.9 Å². The van der Waals surface area contributed by atoms with Crippen molar-refractivity contribution in [1.29, 1.82) is 0 Å². The van der Waals surface area contributed by atoms with E-state index < -0.39 is 21.7 Å². The van der Waals surface area contributed by atoms with Crippen LogP contribution in [0.15, 0.2) is 23.1 Å². The van der Waals surface area contributed by atoms with E-state index in [0.29, 0.717) is 12.6 Å². The summed E-state index contributed by atoms with van der Waals surface area (Å²) < 4.78 is 52.1. The fraction of sp³-hybridized carbons (Fsp3) is 0.500. The summed E-state index contributed by atoms with van der Waals surface area (Å²) in [5, 5.41) is 3.18. The fourth-order valence-corrected chi connectivity index (χ4v) is 3.18. The monoisotopic (exact) mass is 326 g/mol. The highest BCUT2D eigenvalue weighted by Crippen LogP contribution is 2.15. The molecule has 2 N–H and O–H groups in total. The number of rotatable bonds is 4. The Labute approximate surface area is 123 Å². The molecule has 1 aliphatic rings. The Bertz CT molecular complexity index is 548. The molecule has 1 aliphatic heterocycles. The van der Waals surface area contributed by atoms with Crippen LogP contribution in [0.2, 0.25) is 0 Å². The highest BCUT2D eigenvalue weighted by atomic mass is 35.5. The summed E-state index contributed by atoms with van der Waals surface area (Å²) in [6.45, 7) is 2.01. The van der Waals surface area contributed by atoms with E-state index in [2.05, 4.69) is 10.0 Å². The Balaban J connectivity index is 0.00000200. The highest BCUT2D eigenvalue weighted by molar-refractivity contribution is 7.89. The van der Waals surface area contributed by atoms with Crippen LogP contribution in [0.4, 0.5) is 8.78 Å². The van der Waals surface area contributed by atoms with Gasteiger partial charge in [0.2, 0.25) is 10.0 Å². The van der Waals surface area contributed by atoms with Crippen LogP contribution in [0.3, 0.4) is 0 Å². The van der Waals surface area contributed by atoms with Crippen LogP contribution >= 0.6 is 12.4 Å². The van der Waals surface area contributed by atoms with E-state index in [1.807, 2.05) is 0 Å². The van der Waals surface area contributed by atoms with Crippen LogP contribution in [-0.2, 0) is 10.0 Å². The van der Waals surface area contributed by atoms with Crippen molar-refractivity contribution in [2.24, 2.45) is 5.92 Å². The van der Waals surface area contributed by atoms with Gasteiger partial charge in [-0.05, 0) is 50.0 Å². The molecule has 4 nitrogen and oxygen atoms in total. The van der Waals surface area contributed by atoms with E-state index in [4.69, 9.17) is 0 Å².